The molecule has 1 atom stereocenters. The Morgan fingerprint density at radius 1 is 1.53 bits per heavy atom. The lowest BCUT2D eigenvalue weighted by Crippen LogP contribution is -2.23. The van der Waals surface area contributed by atoms with E-state index in [0.29, 0.717) is 6.04 Å². The molecule has 0 saturated carbocycles. The predicted molar refractivity (Wildman–Crippen MR) is 71.6 cm³/mol. The van der Waals surface area contributed by atoms with Gasteiger partial charge in [0.25, 0.3) is 0 Å². The van der Waals surface area contributed by atoms with Gasteiger partial charge in [-0.25, -0.2) is 4.98 Å². The topological polar surface area (TPSA) is 58.0 Å². The van der Waals surface area contributed by atoms with Crippen molar-refractivity contribution in [3.05, 3.63) is 35.3 Å². The van der Waals surface area contributed by atoms with Gasteiger partial charge in [-0.05, 0) is 32.4 Å². The third-order valence-corrected chi connectivity index (χ3v) is 3.83. The van der Waals surface area contributed by atoms with E-state index in [2.05, 4.69) is 33.1 Å². The molecule has 5 heteroatoms. The molecule has 3 rings (SSSR count). The Kier molecular flexibility index (Phi) is 3.38. The molecule has 0 aromatic carbocycles. The van der Waals surface area contributed by atoms with E-state index in [1.54, 1.807) is 0 Å². The van der Waals surface area contributed by atoms with Crippen LogP contribution in [-0.4, -0.2) is 26.6 Å². The summed E-state index contributed by atoms with van der Waals surface area (Å²) in [4.78, 5) is 6.89. The Morgan fingerprint density at radius 3 is 3.11 bits per heavy atom. The molecular weight excluding hydrogens is 240 g/mol. The van der Waals surface area contributed by atoms with E-state index in [4.69, 9.17) is 4.42 Å². The van der Waals surface area contributed by atoms with E-state index in [1.165, 1.54) is 18.5 Å². The number of H-pyrrole nitrogens is 1. The molecule has 5 nitrogen and oxygen atoms in total. The molecule has 0 aliphatic carbocycles. The van der Waals surface area contributed by atoms with E-state index in [9.17, 15) is 0 Å². The summed E-state index contributed by atoms with van der Waals surface area (Å²) in [7, 11) is 0. The number of likely N-dealkylation sites (tertiary alicyclic amines) is 1. The highest BCUT2D eigenvalue weighted by Crippen LogP contribution is 2.32. The molecule has 0 bridgehead atoms. The van der Waals surface area contributed by atoms with Crippen LogP contribution in [0.3, 0.4) is 0 Å². The van der Waals surface area contributed by atoms with Crippen LogP contribution in [0.2, 0.25) is 0 Å². The summed E-state index contributed by atoms with van der Waals surface area (Å²) in [5, 5.41) is 7.14. The van der Waals surface area contributed by atoms with Crippen molar-refractivity contribution in [3.8, 4) is 0 Å². The quantitative estimate of drug-likeness (QED) is 0.918. The van der Waals surface area contributed by atoms with Gasteiger partial charge in [0.15, 0.2) is 5.89 Å². The Hall–Kier alpha value is -1.62. The summed E-state index contributed by atoms with van der Waals surface area (Å²) in [5.41, 5.74) is 2.22. The largest absolute Gasteiger partial charge is 0.444 e. The highest BCUT2D eigenvalue weighted by Gasteiger charge is 2.28. The summed E-state index contributed by atoms with van der Waals surface area (Å²) >= 11 is 0. The van der Waals surface area contributed by atoms with Gasteiger partial charge in [-0.15, -0.1) is 0 Å². The van der Waals surface area contributed by atoms with Crippen LogP contribution in [0.15, 0.2) is 16.7 Å². The fourth-order valence-corrected chi connectivity index (χ4v) is 2.79. The number of aryl methyl sites for hydroxylation is 2. The number of hydrogen-bond donors (Lipinski definition) is 1. The van der Waals surface area contributed by atoms with Crippen molar-refractivity contribution < 1.29 is 4.42 Å². The highest BCUT2D eigenvalue weighted by molar-refractivity contribution is 5.11. The molecule has 1 unspecified atom stereocenters. The van der Waals surface area contributed by atoms with Gasteiger partial charge >= 0.3 is 0 Å². The van der Waals surface area contributed by atoms with Gasteiger partial charge in [0.1, 0.15) is 5.76 Å². The molecule has 1 N–H and O–H groups in total. The zero-order valence-corrected chi connectivity index (χ0v) is 11.5. The zero-order chi connectivity index (χ0) is 13.2. The number of aromatic nitrogens is 3. The SMILES string of the molecule is CCc1nc(C)c(CN2CCCC2c2ccn[nH]2)o1. The van der Waals surface area contributed by atoms with E-state index >= 15 is 0 Å². The first-order chi connectivity index (χ1) is 9.28. The van der Waals surface area contributed by atoms with Gasteiger partial charge in [-0.2, -0.15) is 5.10 Å². The van der Waals surface area contributed by atoms with Crippen LogP contribution < -0.4 is 0 Å². The monoisotopic (exact) mass is 260 g/mol. The fraction of sp³-hybridized carbons (Fsp3) is 0.571. The van der Waals surface area contributed by atoms with E-state index in [-0.39, 0.29) is 0 Å². The lowest BCUT2D eigenvalue weighted by atomic mass is 10.1. The number of oxazole rings is 1. The molecule has 0 radical (unpaired) electrons. The Labute approximate surface area is 113 Å². The standard InChI is InChI=1S/C14H20N4O/c1-3-14-16-10(2)13(19-14)9-18-8-4-5-12(18)11-6-7-15-17-11/h6-7,12H,3-5,8-9H2,1-2H3,(H,15,17). The minimum atomic E-state index is 0.428. The number of nitrogens with zero attached hydrogens (tertiary/aromatic N) is 3. The lowest BCUT2D eigenvalue weighted by Gasteiger charge is -2.22. The Morgan fingerprint density at radius 2 is 2.42 bits per heavy atom. The molecular formula is C14H20N4O. The summed E-state index contributed by atoms with van der Waals surface area (Å²) in [6.45, 7) is 6.03. The number of aromatic amines is 1. The molecule has 3 heterocycles. The average Bonchev–Trinajstić information content (AvgIpc) is 3.11. The maximum Gasteiger partial charge on any atom is 0.194 e. The van der Waals surface area contributed by atoms with E-state index < -0.39 is 0 Å². The summed E-state index contributed by atoms with van der Waals surface area (Å²) in [6, 6.07) is 2.49. The van der Waals surface area contributed by atoms with Crippen molar-refractivity contribution >= 4 is 0 Å². The van der Waals surface area contributed by atoms with E-state index in [1.807, 2.05) is 13.1 Å². The second-order valence-electron chi connectivity index (χ2n) is 5.11. The van der Waals surface area contributed by atoms with Crippen molar-refractivity contribution in [1.29, 1.82) is 0 Å². The van der Waals surface area contributed by atoms with Crippen molar-refractivity contribution in [2.75, 3.05) is 6.54 Å². The van der Waals surface area contributed by atoms with Gasteiger partial charge in [0, 0.05) is 12.6 Å². The summed E-state index contributed by atoms with van der Waals surface area (Å²) in [5.74, 6) is 1.84. The van der Waals surface area contributed by atoms with Crippen LogP contribution >= 0.6 is 0 Å². The van der Waals surface area contributed by atoms with Crippen LogP contribution in [0.1, 0.15) is 48.8 Å². The molecule has 0 spiro atoms. The van der Waals surface area contributed by atoms with Crippen LogP contribution in [-0.2, 0) is 13.0 Å². The number of rotatable bonds is 4. The van der Waals surface area contributed by atoms with Crippen molar-refractivity contribution in [2.24, 2.45) is 0 Å². The number of hydrogen-bond acceptors (Lipinski definition) is 4. The predicted octanol–water partition coefficient (Wildman–Crippen LogP) is 2.61. The third-order valence-electron chi connectivity index (χ3n) is 3.83. The minimum Gasteiger partial charge on any atom is -0.444 e. The second kappa shape index (κ2) is 5.17. The average molecular weight is 260 g/mol. The highest BCUT2D eigenvalue weighted by atomic mass is 16.4. The van der Waals surface area contributed by atoms with Crippen LogP contribution in [0, 0.1) is 6.92 Å². The molecule has 102 valence electrons. The van der Waals surface area contributed by atoms with Gasteiger partial charge in [-0.1, -0.05) is 6.92 Å². The molecule has 1 saturated heterocycles. The maximum atomic E-state index is 5.81. The molecule has 0 amide bonds. The van der Waals surface area contributed by atoms with Gasteiger partial charge < -0.3 is 4.42 Å². The molecule has 2 aromatic heterocycles. The first-order valence-corrected chi connectivity index (χ1v) is 6.96. The minimum absolute atomic E-state index is 0.428. The first-order valence-electron chi connectivity index (χ1n) is 6.96. The second-order valence-corrected chi connectivity index (χ2v) is 5.11. The molecule has 1 aliphatic heterocycles. The maximum absolute atomic E-state index is 5.81. The molecule has 2 aromatic rings. The van der Waals surface area contributed by atoms with Gasteiger partial charge in [0.05, 0.1) is 24.0 Å². The van der Waals surface area contributed by atoms with Crippen LogP contribution in [0.5, 0.6) is 0 Å². The van der Waals surface area contributed by atoms with Crippen LogP contribution in [0.25, 0.3) is 0 Å². The fourth-order valence-electron chi connectivity index (χ4n) is 2.79. The summed E-state index contributed by atoms with van der Waals surface area (Å²) in [6.07, 6.45) is 5.07. The van der Waals surface area contributed by atoms with Crippen LogP contribution in [0.4, 0.5) is 0 Å². The van der Waals surface area contributed by atoms with Gasteiger partial charge in [0.2, 0.25) is 0 Å². The lowest BCUT2D eigenvalue weighted by molar-refractivity contribution is 0.222. The molecule has 1 aliphatic rings. The number of nitrogens with one attached hydrogen (secondary N) is 1. The Bertz CT molecular complexity index is 532. The Balaban J connectivity index is 1.76. The van der Waals surface area contributed by atoms with Crippen molar-refractivity contribution in [3.63, 3.8) is 0 Å². The first kappa shape index (κ1) is 12.4. The normalized spacial score (nSPS) is 20.2. The van der Waals surface area contributed by atoms with Crippen molar-refractivity contribution in [1.82, 2.24) is 20.1 Å². The van der Waals surface area contributed by atoms with Gasteiger partial charge in [-0.3, -0.25) is 10.00 Å². The zero-order valence-electron chi connectivity index (χ0n) is 11.5. The third kappa shape index (κ3) is 2.42. The van der Waals surface area contributed by atoms with Crippen molar-refractivity contribution in [2.45, 2.75) is 45.7 Å². The summed E-state index contributed by atoms with van der Waals surface area (Å²) < 4.78 is 5.81. The van der Waals surface area contributed by atoms with E-state index in [0.717, 1.165) is 36.9 Å². The molecule has 1 fully saturated rings. The smallest absolute Gasteiger partial charge is 0.194 e. The molecule has 19 heavy (non-hydrogen) atoms.